The van der Waals surface area contributed by atoms with Gasteiger partial charge in [-0.25, -0.2) is 9.37 Å². The molecule has 1 aliphatic carbocycles. The fraction of sp³-hybridized carbons (Fsp3) is 0.357. The largest absolute Gasteiger partial charge is 0.387 e. The lowest BCUT2D eigenvalue weighted by atomic mass is 9.96. The molecule has 4 heteroatoms. The number of imidazole rings is 1. The average molecular weight is 244 g/mol. The number of rotatable bonds is 2. The number of benzene rings is 1. The molecule has 4 rings (SSSR count). The van der Waals surface area contributed by atoms with Crippen molar-refractivity contribution in [2.45, 2.75) is 30.7 Å². The van der Waals surface area contributed by atoms with E-state index in [1.165, 1.54) is 0 Å². The van der Waals surface area contributed by atoms with E-state index in [4.69, 9.17) is 0 Å². The Labute approximate surface area is 104 Å². The predicted octanol–water partition coefficient (Wildman–Crippen LogP) is 2.32. The first-order valence-electron chi connectivity index (χ1n) is 6.19. The van der Waals surface area contributed by atoms with Crippen molar-refractivity contribution < 1.29 is 9.50 Å². The van der Waals surface area contributed by atoms with E-state index in [-0.39, 0.29) is 6.04 Å². The van der Waals surface area contributed by atoms with E-state index in [9.17, 15) is 9.50 Å². The first-order chi connectivity index (χ1) is 8.71. The summed E-state index contributed by atoms with van der Waals surface area (Å²) < 4.78 is 16.0. The van der Waals surface area contributed by atoms with Gasteiger partial charge in [0.05, 0.1) is 24.3 Å². The van der Waals surface area contributed by atoms with Crippen molar-refractivity contribution in [2.24, 2.45) is 0 Å². The van der Waals surface area contributed by atoms with Crippen LogP contribution in [-0.2, 0) is 0 Å². The van der Waals surface area contributed by atoms with Crippen LogP contribution in [0.25, 0.3) is 11.3 Å². The maximum Gasteiger partial charge on any atom is 0.139 e. The quantitative estimate of drug-likeness (QED) is 0.880. The normalized spacial score (nSPS) is 24.4. The number of hydrogen-bond donors (Lipinski definition) is 1. The van der Waals surface area contributed by atoms with E-state index in [0.717, 1.165) is 16.8 Å². The fourth-order valence-electron chi connectivity index (χ4n) is 2.89. The zero-order chi connectivity index (χ0) is 12.3. The maximum absolute atomic E-state index is 14.2. The minimum atomic E-state index is -1.41. The summed E-state index contributed by atoms with van der Waals surface area (Å²) >= 11 is 0. The fourth-order valence-corrected chi connectivity index (χ4v) is 2.89. The van der Waals surface area contributed by atoms with Crippen LogP contribution in [0, 0.1) is 0 Å². The van der Waals surface area contributed by atoms with Crippen molar-refractivity contribution in [1.29, 1.82) is 0 Å². The molecule has 2 atom stereocenters. The molecule has 18 heavy (non-hydrogen) atoms. The average Bonchev–Trinajstić information content (AvgIpc) is 2.87. The van der Waals surface area contributed by atoms with Gasteiger partial charge in [-0.05, 0) is 18.4 Å². The Morgan fingerprint density at radius 1 is 1.39 bits per heavy atom. The smallest absolute Gasteiger partial charge is 0.139 e. The zero-order valence-corrected chi connectivity index (χ0v) is 9.75. The number of alkyl halides is 1. The van der Waals surface area contributed by atoms with E-state index in [0.29, 0.717) is 12.8 Å². The molecule has 0 amide bonds. The number of fused-ring (bicyclic) bond motifs is 3. The van der Waals surface area contributed by atoms with Gasteiger partial charge in [-0.1, -0.05) is 24.3 Å². The van der Waals surface area contributed by atoms with Gasteiger partial charge < -0.3 is 9.67 Å². The topological polar surface area (TPSA) is 38.1 Å². The van der Waals surface area contributed by atoms with Crippen LogP contribution in [0.1, 0.15) is 24.4 Å². The van der Waals surface area contributed by atoms with Crippen LogP contribution in [0.3, 0.4) is 0 Å². The molecule has 1 fully saturated rings. The maximum atomic E-state index is 14.2. The van der Waals surface area contributed by atoms with E-state index >= 15 is 0 Å². The van der Waals surface area contributed by atoms with Crippen molar-refractivity contribution in [2.75, 3.05) is 0 Å². The molecule has 92 valence electrons. The molecule has 1 aromatic heterocycles. The summed E-state index contributed by atoms with van der Waals surface area (Å²) in [6, 6.07) is 7.49. The van der Waals surface area contributed by atoms with Crippen LogP contribution >= 0.6 is 0 Å². The van der Waals surface area contributed by atoms with Gasteiger partial charge in [-0.15, -0.1) is 0 Å². The zero-order valence-electron chi connectivity index (χ0n) is 9.75. The SMILES string of the molecule is O[C@@H]([C@@H]1c2ccccc2-c2cncn21)C1(F)CC1. The molecular formula is C14H13FN2O. The van der Waals surface area contributed by atoms with Crippen LogP contribution in [0.2, 0.25) is 0 Å². The first kappa shape index (κ1) is 10.3. The highest BCUT2D eigenvalue weighted by Crippen LogP contribution is 2.51. The standard InChI is InChI=1S/C14H13FN2O/c15-14(5-6-14)13(18)12-10-4-2-1-3-9(10)11-7-16-8-17(11)12/h1-4,7-8,12-13,18H,5-6H2/t12-,13-/m0/s1. The van der Waals surface area contributed by atoms with Gasteiger partial charge in [0.2, 0.25) is 0 Å². The molecule has 2 heterocycles. The van der Waals surface area contributed by atoms with Crippen LogP contribution in [-0.4, -0.2) is 26.4 Å². The molecule has 0 unspecified atom stereocenters. The Balaban J connectivity index is 1.89. The van der Waals surface area contributed by atoms with Crippen molar-refractivity contribution in [1.82, 2.24) is 9.55 Å². The monoisotopic (exact) mass is 244 g/mol. The van der Waals surface area contributed by atoms with Crippen LogP contribution < -0.4 is 0 Å². The van der Waals surface area contributed by atoms with Crippen molar-refractivity contribution in [3.63, 3.8) is 0 Å². The van der Waals surface area contributed by atoms with Crippen molar-refractivity contribution in [3.05, 3.63) is 42.4 Å². The summed E-state index contributed by atoms with van der Waals surface area (Å²) in [6.07, 6.45) is 3.36. The molecular weight excluding hydrogens is 231 g/mol. The number of aliphatic hydroxyl groups is 1. The van der Waals surface area contributed by atoms with E-state index < -0.39 is 11.8 Å². The number of aromatic nitrogens is 2. The van der Waals surface area contributed by atoms with Gasteiger partial charge in [-0.2, -0.15) is 0 Å². The van der Waals surface area contributed by atoms with Crippen LogP contribution in [0.15, 0.2) is 36.8 Å². The lowest BCUT2D eigenvalue weighted by Gasteiger charge is -2.24. The Morgan fingerprint density at radius 3 is 2.94 bits per heavy atom. The molecule has 0 spiro atoms. The predicted molar refractivity (Wildman–Crippen MR) is 64.9 cm³/mol. The number of hydrogen-bond acceptors (Lipinski definition) is 2. The molecule has 3 nitrogen and oxygen atoms in total. The van der Waals surface area contributed by atoms with Gasteiger partial charge in [0.15, 0.2) is 0 Å². The highest BCUT2D eigenvalue weighted by Gasteiger charge is 2.54. The molecule has 1 saturated carbocycles. The second-order valence-electron chi connectivity index (χ2n) is 5.20. The van der Waals surface area contributed by atoms with Gasteiger partial charge in [0.1, 0.15) is 11.8 Å². The highest BCUT2D eigenvalue weighted by molar-refractivity contribution is 5.69. The molecule has 2 aliphatic rings. The number of halogens is 1. The van der Waals surface area contributed by atoms with Gasteiger partial charge >= 0.3 is 0 Å². The van der Waals surface area contributed by atoms with Crippen molar-refractivity contribution in [3.8, 4) is 11.3 Å². The van der Waals surface area contributed by atoms with Gasteiger partial charge in [-0.3, -0.25) is 0 Å². The molecule has 0 radical (unpaired) electrons. The summed E-state index contributed by atoms with van der Waals surface area (Å²) in [5.74, 6) is 0. The van der Waals surface area contributed by atoms with Crippen LogP contribution in [0.4, 0.5) is 4.39 Å². The molecule has 0 saturated heterocycles. The summed E-state index contributed by atoms with van der Waals surface area (Å²) in [6.45, 7) is 0. The minimum absolute atomic E-state index is 0.341. The highest BCUT2D eigenvalue weighted by atomic mass is 19.1. The number of aliphatic hydroxyl groups excluding tert-OH is 1. The second-order valence-corrected chi connectivity index (χ2v) is 5.20. The first-order valence-corrected chi connectivity index (χ1v) is 6.19. The third-order valence-corrected chi connectivity index (χ3v) is 4.08. The summed E-state index contributed by atoms with van der Waals surface area (Å²) in [7, 11) is 0. The third kappa shape index (κ3) is 1.18. The Kier molecular flexibility index (Phi) is 1.83. The molecule has 1 N–H and O–H groups in total. The Bertz CT molecular complexity index is 618. The molecule has 0 bridgehead atoms. The summed E-state index contributed by atoms with van der Waals surface area (Å²) in [4.78, 5) is 4.11. The van der Waals surface area contributed by atoms with Crippen molar-refractivity contribution >= 4 is 0 Å². The summed E-state index contributed by atoms with van der Waals surface area (Å²) in [5.41, 5.74) is 1.58. The van der Waals surface area contributed by atoms with Gasteiger partial charge in [0, 0.05) is 5.56 Å². The van der Waals surface area contributed by atoms with E-state index in [1.807, 2.05) is 28.8 Å². The number of nitrogens with zero attached hydrogens (tertiary/aromatic N) is 2. The Morgan fingerprint density at radius 2 is 2.17 bits per heavy atom. The lowest BCUT2D eigenvalue weighted by Crippen LogP contribution is -2.33. The van der Waals surface area contributed by atoms with Gasteiger partial charge in [0.25, 0.3) is 0 Å². The third-order valence-electron chi connectivity index (χ3n) is 4.08. The molecule has 1 aliphatic heterocycles. The molecule has 2 aromatic rings. The Hall–Kier alpha value is -1.68. The van der Waals surface area contributed by atoms with E-state index in [1.54, 1.807) is 12.5 Å². The lowest BCUT2D eigenvalue weighted by molar-refractivity contribution is 0.0330. The summed E-state index contributed by atoms with van der Waals surface area (Å²) in [5, 5.41) is 10.3. The minimum Gasteiger partial charge on any atom is -0.387 e. The van der Waals surface area contributed by atoms with Crippen LogP contribution in [0.5, 0.6) is 0 Å². The second kappa shape index (κ2) is 3.20. The molecule has 1 aromatic carbocycles. The van der Waals surface area contributed by atoms with E-state index in [2.05, 4.69) is 4.98 Å².